The van der Waals surface area contributed by atoms with Gasteiger partial charge in [-0.3, -0.25) is 0 Å². The third-order valence-electron chi connectivity index (χ3n) is 3.37. The zero-order valence-corrected chi connectivity index (χ0v) is 14.5. The molecule has 0 aliphatic rings. The number of hydrogen-bond acceptors (Lipinski definition) is 1. The van der Waals surface area contributed by atoms with Gasteiger partial charge >= 0.3 is 0 Å². The van der Waals surface area contributed by atoms with Gasteiger partial charge in [-0.15, -0.1) is 0 Å². The number of aryl methyl sites for hydroxylation is 1. The van der Waals surface area contributed by atoms with E-state index in [2.05, 4.69) is 48.3 Å². The Balaban J connectivity index is 2.04. The van der Waals surface area contributed by atoms with Gasteiger partial charge < -0.3 is 10.2 Å². The average molecular weight is 333 g/mol. The summed E-state index contributed by atoms with van der Waals surface area (Å²) < 4.78 is 0. The maximum atomic E-state index is 5.91. The van der Waals surface area contributed by atoms with Gasteiger partial charge in [0.1, 0.15) is 0 Å². The molecule has 0 spiro atoms. The fourth-order valence-electron chi connectivity index (χ4n) is 2.17. The van der Waals surface area contributed by atoms with Crippen molar-refractivity contribution in [1.82, 2.24) is 4.90 Å². The molecule has 0 heterocycles. The van der Waals surface area contributed by atoms with E-state index in [9.17, 15) is 0 Å². The molecule has 2 rings (SSSR count). The van der Waals surface area contributed by atoms with Crippen LogP contribution < -0.4 is 5.32 Å². The van der Waals surface area contributed by atoms with Crippen LogP contribution in [0.3, 0.4) is 0 Å². The molecule has 0 radical (unpaired) electrons. The lowest BCUT2D eigenvalue weighted by atomic mass is 10.1. The largest absolute Gasteiger partial charge is 0.345 e. The summed E-state index contributed by atoms with van der Waals surface area (Å²) in [6, 6.07) is 16.2. The Bertz CT molecular complexity index is 608. The average Bonchev–Trinajstić information content (AvgIpc) is 2.51. The van der Waals surface area contributed by atoms with Gasteiger partial charge in [0.2, 0.25) is 0 Å². The number of halogens is 1. The summed E-state index contributed by atoms with van der Waals surface area (Å²) in [7, 11) is 0. The monoisotopic (exact) mass is 332 g/mol. The summed E-state index contributed by atoms with van der Waals surface area (Å²) in [5.74, 6) is 0. The smallest absolute Gasteiger partial charge is 0.173 e. The van der Waals surface area contributed by atoms with Gasteiger partial charge in [-0.1, -0.05) is 48.4 Å². The van der Waals surface area contributed by atoms with Crippen molar-refractivity contribution in [3.63, 3.8) is 0 Å². The van der Waals surface area contributed by atoms with Crippen molar-refractivity contribution in [3.8, 4) is 0 Å². The Morgan fingerprint density at radius 3 is 2.32 bits per heavy atom. The van der Waals surface area contributed by atoms with Crippen molar-refractivity contribution < 1.29 is 0 Å². The Hall–Kier alpha value is -1.58. The normalized spacial score (nSPS) is 10.3. The Morgan fingerprint density at radius 1 is 1.09 bits per heavy atom. The van der Waals surface area contributed by atoms with Crippen LogP contribution in [0.1, 0.15) is 24.5 Å². The molecule has 0 bridgehead atoms. The van der Waals surface area contributed by atoms with Crippen LogP contribution in [0.15, 0.2) is 48.5 Å². The highest BCUT2D eigenvalue weighted by Crippen LogP contribution is 2.15. The van der Waals surface area contributed by atoms with Crippen molar-refractivity contribution in [3.05, 3.63) is 64.7 Å². The van der Waals surface area contributed by atoms with E-state index in [1.54, 1.807) is 0 Å². The molecule has 116 valence electrons. The topological polar surface area (TPSA) is 15.3 Å². The molecule has 0 atom stereocenters. The van der Waals surface area contributed by atoms with Gasteiger partial charge in [0.05, 0.1) is 0 Å². The summed E-state index contributed by atoms with van der Waals surface area (Å²) in [6.45, 7) is 5.99. The van der Waals surface area contributed by atoms with Crippen LogP contribution in [-0.2, 0) is 6.54 Å². The van der Waals surface area contributed by atoms with Gasteiger partial charge in [0, 0.05) is 23.8 Å². The quantitative estimate of drug-likeness (QED) is 0.752. The second kappa shape index (κ2) is 8.16. The van der Waals surface area contributed by atoms with Gasteiger partial charge in [-0.05, 0) is 55.4 Å². The minimum absolute atomic E-state index is 0.724. The van der Waals surface area contributed by atoms with Crippen LogP contribution in [0, 0.1) is 6.92 Å². The second-order valence-electron chi connectivity index (χ2n) is 5.34. The number of thiocarbonyl (C=S) groups is 1. The van der Waals surface area contributed by atoms with Crippen LogP contribution in [-0.4, -0.2) is 16.6 Å². The predicted octanol–water partition coefficient (Wildman–Crippen LogP) is 5.26. The summed E-state index contributed by atoms with van der Waals surface area (Å²) in [6.07, 6.45) is 1.05. The molecule has 0 aliphatic heterocycles. The van der Waals surface area contributed by atoms with Gasteiger partial charge in [0.15, 0.2) is 5.11 Å². The third kappa shape index (κ3) is 5.00. The zero-order chi connectivity index (χ0) is 15.9. The molecule has 0 amide bonds. The number of rotatable bonds is 5. The summed E-state index contributed by atoms with van der Waals surface area (Å²) in [5.41, 5.74) is 3.49. The minimum Gasteiger partial charge on any atom is -0.345 e. The molecule has 1 N–H and O–H groups in total. The van der Waals surface area contributed by atoms with Gasteiger partial charge in [-0.25, -0.2) is 0 Å². The van der Waals surface area contributed by atoms with E-state index in [0.717, 1.165) is 35.3 Å². The van der Waals surface area contributed by atoms with Crippen molar-refractivity contribution in [2.45, 2.75) is 26.8 Å². The molecule has 0 saturated carbocycles. The van der Waals surface area contributed by atoms with Crippen molar-refractivity contribution in [2.24, 2.45) is 0 Å². The first-order valence-corrected chi connectivity index (χ1v) is 8.24. The highest BCUT2D eigenvalue weighted by atomic mass is 35.5. The molecule has 0 unspecified atom stereocenters. The van der Waals surface area contributed by atoms with E-state index in [1.807, 2.05) is 24.3 Å². The number of hydrogen-bond donors (Lipinski definition) is 1. The summed E-state index contributed by atoms with van der Waals surface area (Å²) >= 11 is 11.5. The number of anilines is 1. The van der Waals surface area contributed by atoms with Crippen LogP contribution >= 0.6 is 23.8 Å². The maximum Gasteiger partial charge on any atom is 0.173 e. The second-order valence-corrected chi connectivity index (χ2v) is 6.17. The number of nitrogens with one attached hydrogen (secondary N) is 1. The maximum absolute atomic E-state index is 5.91. The highest BCUT2D eigenvalue weighted by molar-refractivity contribution is 7.80. The lowest BCUT2D eigenvalue weighted by Gasteiger charge is -2.25. The van der Waals surface area contributed by atoms with E-state index in [4.69, 9.17) is 23.8 Å². The highest BCUT2D eigenvalue weighted by Gasteiger charge is 2.10. The van der Waals surface area contributed by atoms with Gasteiger partial charge in [-0.2, -0.15) is 0 Å². The Morgan fingerprint density at radius 2 is 1.73 bits per heavy atom. The van der Waals surface area contributed by atoms with Gasteiger partial charge in [0.25, 0.3) is 0 Å². The summed E-state index contributed by atoms with van der Waals surface area (Å²) in [4.78, 5) is 2.19. The van der Waals surface area contributed by atoms with E-state index >= 15 is 0 Å². The minimum atomic E-state index is 0.724. The first-order chi connectivity index (χ1) is 10.6. The third-order valence-corrected chi connectivity index (χ3v) is 3.98. The Labute approximate surface area is 143 Å². The zero-order valence-electron chi connectivity index (χ0n) is 13.0. The molecule has 2 aromatic carbocycles. The summed E-state index contributed by atoms with van der Waals surface area (Å²) in [5, 5.41) is 4.75. The number of nitrogens with zero attached hydrogens (tertiary/aromatic N) is 1. The predicted molar refractivity (Wildman–Crippen MR) is 99.6 cm³/mol. The van der Waals surface area contributed by atoms with Crippen LogP contribution in [0.4, 0.5) is 5.69 Å². The molecule has 22 heavy (non-hydrogen) atoms. The molecular formula is C18H21ClN2S. The molecular weight excluding hydrogens is 312 g/mol. The fourth-order valence-corrected chi connectivity index (χ4v) is 2.57. The van der Waals surface area contributed by atoms with Crippen LogP contribution in [0.2, 0.25) is 5.02 Å². The van der Waals surface area contributed by atoms with E-state index in [1.165, 1.54) is 11.1 Å². The Kier molecular flexibility index (Phi) is 6.22. The van der Waals surface area contributed by atoms with Crippen LogP contribution in [0.5, 0.6) is 0 Å². The lowest BCUT2D eigenvalue weighted by molar-refractivity contribution is 0.418. The van der Waals surface area contributed by atoms with E-state index in [0.29, 0.717) is 0 Å². The van der Waals surface area contributed by atoms with Crippen molar-refractivity contribution >= 4 is 34.6 Å². The SMILES string of the molecule is CCCN(Cc1ccc(C)cc1)C(=S)Nc1ccc(Cl)cc1. The van der Waals surface area contributed by atoms with E-state index in [-0.39, 0.29) is 0 Å². The molecule has 0 aromatic heterocycles. The van der Waals surface area contributed by atoms with Crippen molar-refractivity contribution in [2.75, 3.05) is 11.9 Å². The number of benzene rings is 2. The molecule has 4 heteroatoms. The molecule has 0 fully saturated rings. The first kappa shape index (κ1) is 16.8. The lowest BCUT2D eigenvalue weighted by Crippen LogP contribution is -2.34. The van der Waals surface area contributed by atoms with Crippen molar-refractivity contribution in [1.29, 1.82) is 0 Å². The fraction of sp³-hybridized carbons (Fsp3) is 0.278. The first-order valence-electron chi connectivity index (χ1n) is 7.45. The molecule has 2 nitrogen and oxygen atoms in total. The molecule has 0 aliphatic carbocycles. The molecule has 0 saturated heterocycles. The van der Waals surface area contributed by atoms with E-state index < -0.39 is 0 Å². The molecule has 2 aromatic rings. The standard InChI is InChI=1S/C18H21ClN2S/c1-3-12-21(13-15-6-4-14(2)5-7-15)18(22)20-17-10-8-16(19)9-11-17/h4-11H,3,12-13H2,1-2H3,(H,20,22). The van der Waals surface area contributed by atoms with Crippen LogP contribution in [0.25, 0.3) is 0 Å².